The van der Waals surface area contributed by atoms with Crippen LogP contribution >= 0.6 is 0 Å². The molecule has 0 radical (unpaired) electrons. The summed E-state index contributed by atoms with van der Waals surface area (Å²) in [7, 11) is 1.64. The molecule has 2 rings (SSSR count). The molecule has 1 N–H and O–H groups in total. The molecular weight excluding hydrogens is 268 g/mol. The van der Waals surface area contributed by atoms with Crippen LogP contribution in [0.3, 0.4) is 0 Å². The number of carbonyl (C=O) groups is 1. The number of hydrogen-bond donors (Lipinski definition) is 1. The third-order valence-electron chi connectivity index (χ3n) is 3.56. The van der Waals surface area contributed by atoms with Crippen molar-refractivity contribution in [3.63, 3.8) is 0 Å². The molecule has 1 aromatic heterocycles. The van der Waals surface area contributed by atoms with Gasteiger partial charge in [-0.2, -0.15) is 0 Å². The van der Waals surface area contributed by atoms with E-state index in [0.717, 1.165) is 22.3 Å². The molecule has 0 fully saturated rings. The van der Waals surface area contributed by atoms with Gasteiger partial charge in [0.15, 0.2) is 0 Å². The van der Waals surface area contributed by atoms with Crippen molar-refractivity contribution < 1.29 is 14.6 Å². The summed E-state index contributed by atoms with van der Waals surface area (Å²) in [5.74, 6) is 0.333. The third-order valence-corrected chi connectivity index (χ3v) is 3.56. The van der Waals surface area contributed by atoms with Gasteiger partial charge in [0.1, 0.15) is 11.6 Å². The molecule has 2 aromatic rings. The fourth-order valence-electron chi connectivity index (χ4n) is 2.37. The van der Waals surface area contributed by atoms with E-state index in [9.17, 15) is 4.79 Å². The Morgan fingerprint density at radius 1 is 1.38 bits per heavy atom. The second-order valence-corrected chi connectivity index (χ2v) is 4.97. The zero-order valence-corrected chi connectivity index (χ0v) is 12.5. The summed E-state index contributed by atoms with van der Waals surface area (Å²) in [6.45, 7) is 4.82. The minimum atomic E-state index is -0.800. The summed E-state index contributed by atoms with van der Waals surface area (Å²) in [4.78, 5) is 17.5. The normalized spacial score (nSPS) is 12.1. The number of methoxy groups -OCH3 is 1. The molecule has 21 heavy (non-hydrogen) atoms. The Morgan fingerprint density at radius 2 is 2.14 bits per heavy atom. The zero-order valence-electron chi connectivity index (χ0n) is 12.5. The summed E-state index contributed by atoms with van der Waals surface area (Å²) >= 11 is 0. The molecular formula is C16H20N2O3. The van der Waals surface area contributed by atoms with Gasteiger partial charge >= 0.3 is 5.97 Å². The number of aliphatic carboxylic acids is 1. The smallest absolute Gasteiger partial charge is 0.308 e. The van der Waals surface area contributed by atoms with Gasteiger partial charge in [-0.15, -0.1) is 0 Å². The van der Waals surface area contributed by atoms with Crippen LogP contribution in [-0.2, 0) is 4.79 Å². The number of fused-ring (bicyclic) bond motifs is 1. The molecule has 0 aliphatic heterocycles. The minimum Gasteiger partial charge on any atom is -0.496 e. The highest BCUT2D eigenvalue weighted by atomic mass is 16.5. The molecule has 0 aliphatic carbocycles. The molecule has 0 saturated carbocycles. The molecule has 1 unspecified atom stereocenters. The van der Waals surface area contributed by atoms with Gasteiger partial charge in [-0.25, -0.2) is 4.98 Å². The number of hydrogen-bond acceptors (Lipinski definition) is 4. The molecule has 0 aliphatic rings. The maximum absolute atomic E-state index is 11.1. The molecule has 5 nitrogen and oxygen atoms in total. The van der Waals surface area contributed by atoms with E-state index in [0.29, 0.717) is 13.1 Å². The van der Waals surface area contributed by atoms with Gasteiger partial charge in [-0.1, -0.05) is 19.1 Å². The maximum atomic E-state index is 11.1. The monoisotopic (exact) mass is 288 g/mol. The van der Waals surface area contributed by atoms with E-state index in [4.69, 9.17) is 9.84 Å². The van der Waals surface area contributed by atoms with Crippen molar-refractivity contribution in [3.8, 4) is 5.75 Å². The highest BCUT2D eigenvalue weighted by Gasteiger charge is 2.18. The summed E-state index contributed by atoms with van der Waals surface area (Å²) in [6, 6.07) is 7.71. The van der Waals surface area contributed by atoms with Crippen LogP contribution in [0.1, 0.15) is 13.8 Å². The molecule has 0 spiro atoms. The van der Waals surface area contributed by atoms with Gasteiger partial charge in [0, 0.05) is 30.1 Å². The molecule has 112 valence electrons. The van der Waals surface area contributed by atoms with Crippen LogP contribution in [-0.4, -0.2) is 36.3 Å². The standard InChI is InChI=1S/C16H20N2O3/c1-4-18(10-11(2)16(19)20)15-13-6-5-7-14(21-3)12(13)8-9-17-15/h5-9,11H,4,10H2,1-3H3,(H,19,20). The highest BCUT2D eigenvalue weighted by molar-refractivity contribution is 5.96. The predicted octanol–water partition coefficient (Wildman–Crippen LogP) is 2.79. The van der Waals surface area contributed by atoms with E-state index in [1.807, 2.05) is 36.1 Å². The number of ether oxygens (including phenoxy) is 1. The molecule has 0 amide bonds. The van der Waals surface area contributed by atoms with Crippen molar-refractivity contribution >= 4 is 22.6 Å². The largest absolute Gasteiger partial charge is 0.496 e. The van der Waals surface area contributed by atoms with E-state index < -0.39 is 11.9 Å². The Morgan fingerprint density at radius 3 is 2.76 bits per heavy atom. The highest BCUT2D eigenvalue weighted by Crippen LogP contribution is 2.31. The Balaban J connectivity index is 2.46. The Bertz CT molecular complexity index is 642. The van der Waals surface area contributed by atoms with Gasteiger partial charge in [0.2, 0.25) is 0 Å². The third kappa shape index (κ3) is 3.07. The first kappa shape index (κ1) is 15.1. The number of aromatic nitrogens is 1. The van der Waals surface area contributed by atoms with Crippen molar-refractivity contribution in [2.45, 2.75) is 13.8 Å². The zero-order chi connectivity index (χ0) is 15.4. The average Bonchev–Trinajstić information content (AvgIpc) is 2.51. The Kier molecular flexibility index (Phi) is 4.62. The lowest BCUT2D eigenvalue weighted by molar-refractivity contribution is -0.140. The summed E-state index contributed by atoms with van der Waals surface area (Å²) in [5, 5.41) is 11.0. The quantitative estimate of drug-likeness (QED) is 0.885. The molecule has 0 bridgehead atoms. The predicted molar refractivity (Wildman–Crippen MR) is 83.0 cm³/mol. The number of carboxylic acids is 1. The van der Waals surface area contributed by atoms with Crippen LogP contribution in [0.4, 0.5) is 5.82 Å². The van der Waals surface area contributed by atoms with E-state index in [2.05, 4.69) is 4.98 Å². The van der Waals surface area contributed by atoms with E-state index in [1.54, 1.807) is 20.2 Å². The van der Waals surface area contributed by atoms with Gasteiger partial charge in [0.25, 0.3) is 0 Å². The first-order valence-electron chi connectivity index (χ1n) is 6.98. The lowest BCUT2D eigenvalue weighted by atomic mass is 10.1. The number of rotatable bonds is 6. The molecule has 5 heteroatoms. The first-order chi connectivity index (χ1) is 10.1. The molecule has 0 saturated heterocycles. The van der Waals surface area contributed by atoms with Crippen LogP contribution < -0.4 is 9.64 Å². The lowest BCUT2D eigenvalue weighted by Gasteiger charge is -2.25. The van der Waals surface area contributed by atoms with Crippen LogP contribution in [0.25, 0.3) is 10.8 Å². The fourth-order valence-corrected chi connectivity index (χ4v) is 2.37. The van der Waals surface area contributed by atoms with Gasteiger partial charge in [-0.05, 0) is 19.1 Å². The minimum absolute atomic E-state index is 0.426. The number of nitrogens with zero attached hydrogens (tertiary/aromatic N) is 2. The molecule has 1 heterocycles. The van der Waals surface area contributed by atoms with Crippen LogP contribution in [0, 0.1) is 5.92 Å². The van der Waals surface area contributed by atoms with Gasteiger partial charge < -0.3 is 14.7 Å². The van der Waals surface area contributed by atoms with E-state index >= 15 is 0 Å². The Labute approximate surface area is 124 Å². The Hall–Kier alpha value is -2.30. The summed E-state index contributed by atoms with van der Waals surface area (Å²) < 4.78 is 5.37. The fraction of sp³-hybridized carbons (Fsp3) is 0.375. The second-order valence-electron chi connectivity index (χ2n) is 4.97. The van der Waals surface area contributed by atoms with Crippen LogP contribution in [0.5, 0.6) is 5.75 Å². The lowest BCUT2D eigenvalue weighted by Crippen LogP contribution is -2.32. The molecule has 1 atom stereocenters. The number of benzene rings is 1. The van der Waals surface area contributed by atoms with Crippen molar-refractivity contribution in [2.24, 2.45) is 5.92 Å². The maximum Gasteiger partial charge on any atom is 0.308 e. The van der Waals surface area contributed by atoms with Crippen molar-refractivity contribution in [1.29, 1.82) is 0 Å². The van der Waals surface area contributed by atoms with Crippen LogP contribution in [0.15, 0.2) is 30.5 Å². The summed E-state index contributed by atoms with van der Waals surface area (Å²) in [5.41, 5.74) is 0. The topological polar surface area (TPSA) is 62.7 Å². The molecule has 1 aromatic carbocycles. The van der Waals surface area contributed by atoms with Crippen molar-refractivity contribution in [1.82, 2.24) is 4.98 Å². The first-order valence-corrected chi connectivity index (χ1v) is 6.98. The summed E-state index contributed by atoms with van der Waals surface area (Å²) in [6.07, 6.45) is 1.73. The second kappa shape index (κ2) is 6.43. The van der Waals surface area contributed by atoms with Gasteiger partial charge in [-0.3, -0.25) is 4.79 Å². The van der Waals surface area contributed by atoms with Crippen LogP contribution in [0.2, 0.25) is 0 Å². The number of anilines is 1. The van der Waals surface area contributed by atoms with E-state index in [1.165, 1.54) is 0 Å². The number of pyridine rings is 1. The average molecular weight is 288 g/mol. The SMILES string of the molecule is CCN(CC(C)C(=O)O)c1nccc2c(OC)cccc12. The van der Waals surface area contributed by atoms with Crippen molar-refractivity contribution in [2.75, 3.05) is 25.1 Å². The van der Waals surface area contributed by atoms with Crippen molar-refractivity contribution in [3.05, 3.63) is 30.5 Å². The number of carboxylic acid groups (broad SMARTS) is 1. The van der Waals surface area contributed by atoms with E-state index in [-0.39, 0.29) is 0 Å². The van der Waals surface area contributed by atoms with Gasteiger partial charge in [0.05, 0.1) is 13.0 Å².